The number of benzene rings is 6. The van der Waals surface area contributed by atoms with Gasteiger partial charge in [0, 0.05) is 50.9 Å². The van der Waals surface area contributed by atoms with Crippen LogP contribution in [0.3, 0.4) is 0 Å². The van der Waals surface area contributed by atoms with Crippen LogP contribution in [-0.2, 0) is 5.41 Å². The van der Waals surface area contributed by atoms with E-state index in [4.69, 9.17) is 0 Å². The van der Waals surface area contributed by atoms with E-state index < -0.39 is 0 Å². The average molecular weight is 620 g/mol. The van der Waals surface area contributed by atoms with Crippen molar-refractivity contribution in [2.24, 2.45) is 0 Å². The predicted octanol–water partition coefficient (Wildman–Crippen LogP) is 9.51. The third-order valence-corrected chi connectivity index (χ3v) is 12.2. The molecule has 0 saturated heterocycles. The highest BCUT2D eigenvalue weighted by atomic mass is 15.3. The first kappa shape index (κ1) is 27.9. The van der Waals surface area contributed by atoms with Gasteiger partial charge in [-0.25, -0.2) is 0 Å². The van der Waals surface area contributed by atoms with Crippen molar-refractivity contribution in [3.05, 3.63) is 151 Å². The summed E-state index contributed by atoms with van der Waals surface area (Å²) in [5.74, 6) is 0. The van der Waals surface area contributed by atoms with E-state index in [9.17, 15) is 0 Å². The van der Waals surface area contributed by atoms with Crippen molar-refractivity contribution in [3.63, 3.8) is 0 Å². The highest BCUT2D eigenvalue weighted by Gasteiger charge is 2.61. The number of para-hydroxylation sites is 4. The molecule has 2 atom stereocenters. The van der Waals surface area contributed by atoms with Gasteiger partial charge in [-0.3, -0.25) is 0 Å². The molecule has 0 amide bonds. The van der Waals surface area contributed by atoms with E-state index in [1.165, 1.54) is 70.5 Å². The van der Waals surface area contributed by atoms with Gasteiger partial charge in [0.2, 0.25) is 0 Å². The van der Waals surface area contributed by atoms with Crippen LogP contribution < -0.4 is 31.1 Å². The molecular formula is C44H38BN3. The fourth-order valence-electron chi connectivity index (χ4n) is 9.80. The molecule has 6 aromatic carbocycles. The van der Waals surface area contributed by atoms with Gasteiger partial charge in [0.05, 0.1) is 5.54 Å². The molecule has 1 aliphatic carbocycles. The maximum atomic E-state index is 2.79. The first-order valence-electron chi connectivity index (χ1n) is 17.5. The SMILES string of the molecule is CC12CCCCC1(C)N1c3cccc4c3B(c3ccc(N(c5ccccc5)c5ccccc5)cc3N4c3ccccc3)c3cccc2c31. The Hall–Kier alpha value is -5.22. The molecule has 0 aromatic heterocycles. The lowest BCUT2D eigenvalue weighted by molar-refractivity contribution is 0.195. The molecule has 0 radical (unpaired) electrons. The summed E-state index contributed by atoms with van der Waals surface area (Å²) in [5.41, 5.74) is 15.9. The summed E-state index contributed by atoms with van der Waals surface area (Å²) < 4.78 is 0. The fourth-order valence-corrected chi connectivity index (χ4v) is 9.80. The topological polar surface area (TPSA) is 9.72 Å². The normalized spacial score (nSPS) is 21.2. The van der Waals surface area contributed by atoms with Crippen molar-refractivity contribution < 1.29 is 0 Å². The van der Waals surface area contributed by atoms with E-state index in [2.05, 4.69) is 174 Å². The Kier molecular flexibility index (Phi) is 5.89. The number of anilines is 8. The van der Waals surface area contributed by atoms with Gasteiger partial charge in [-0.05, 0) is 102 Å². The second-order valence-electron chi connectivity index (χ2n) is 14.5. The molecule has 3 heterocycles. The molecule has 232 valence electrons. The zero-order valence-electron chi connectivity index (χ0n) is 27.6. The van der Waals surface area contributed by atoms with Crippen LogP contribution in [0.5, 0.6) is 0 Å². The van der Waals surface area contributed by atoms with E-state index in [0.29, 0.717) is 0 Å². The average Bonchev–Trinajstić information content (AvgIpc) is 3.35. The molecule has 1 saturated carbocycles. The second kappa shape index (κ2) is 10.1. The van der Waals surface area contributed by atoms with Gasteiger partial charge in [0.15, 0.2) is 0 Å². The highest BCUT2D eigenvalue weighted by molar-refractivity contribution is 7.00. The van der Waals surface area contributed by atoms with E-state index in [-0.39, 0.29) is 17.7 Å². The minimum absolute atomic E-state index is 0.0390. The maximum absolute atomic E-state index is 2.79. The molecule has 0 spiro atoms. The Bertz CT molecular complexity index is 2160. The van der Waals surface area contributed by atoms with Crippen molar-refractivity contribution in [1.82, 2.24) is 0 Å². The summed E-state index contributed by atoms with van der Waals surface area (Å²) in [5, 5.41) is 0. The summed E-state index contributed by atoms with van der Waals surface area (Å²) in [4.78, 5) is 7.70. The largest absolute Gasteiger partial charge is 0.335 e. The van der Waals surface area contributed by atoms with Crippen LogP contribution in [0.25, 0.3) is 0 Å². The third-order valence-electron chi connectivity index (χ3n) is 12.2. The number of nitrogens with zero attached hydrogens (tertiary/aromatic N) is 3. The van der Waals surface area contributed by atoms with Crippen LogP contribution in [0.1, 0.15) is 45.1 Å². The Morgan fingerprint density at radius 3 is 1.94 bits per heavy atom. The second-order valence-corrected chi connectivity index (χ2v) is 14.5. The molecule has 48 heavy (non-hydrogen) atoms. The van der Waals surface area contributed by atoms with Crippen LogP contribution in [0, 0.1) is 0 Å². The van der Waals surface area contributed by atoms with Crippen molar-refractivity contribution >= 4 is 68.6 Å². The van der Waals surface area contributed by atoms with E-state index in [0.717, 1.165) is 17.1 Å². The highest BCUT2D eigenvalue weighted by Crippen LogP contribution is 2.61. The van der Waals surface area contributed by atoms with Crippen molar-refractivity contribution in [2.45, 2.75) is 50.5 Å². The van der Waals surface area contributed by atoms with Gasteiger partial charge in [0.25, 0.3) is 6.71 Å². The number of rotatable bonds is 4. The van der Waals surface area contributed by atoms with Gasteiger partial charge in [0.1, 0.15) is 0 Å². The first-order chi connectivity index (χ1) is 23.6. The molecule has 3 nitrogen and oxygen atoms in total. The van der Waals surface area contributed by atoms with Crippen molar-refractivity contribution in [2.75, 3.05) is 14.7 Å². The van der Waals surface area contributed by atoms with Crippen LogP contribution in [0.15, 0.2) is 146 Å². The summed E-state index contributed by atoms with van der Waals surface area (Å²) in [6.45, 7) is 5.26. The molecular weight excluding hydrogens is 581 g/mol. The zero-order valence-corrected chi connectivity index (χ0v) is 27.6. The summed E-state index contributed by atoms with van der Waals surface area (Å²) in [6, 6.07) is 53.9. The number of hydrogen-bond donors (Lipinski definition) is 0. The van der Waals surface area contributed by atoms with Gasteiger partial charge in [-0.15, -0.1) is 0 Å². The Balaban J connectivity index is 1.26. The van der Waals surface area contributed by atoms with Crippen LogP contribution in [-0.4, -0.2) is 12.3 Å². The molecule has 0 N–H and O–H groups in total. The van der Waals surface area contributed by atoms with Gasteiger partial charge < -0.3 is 14.7 Å². The summed E-state index contributed by atoms with van der Waals surface area (Å²) in [7, 11) is 0. The molecule has 3 aliphatic heterocycles. The van der Waals surface area contributed by atoms with Gasteiger partial charge in [-0.1, -0.05) is 105 Å². The van der Waals surface area contributed by atoms with Crippen molar-refractivity contribution in [3.8, 4) is 0 Å². The standard InChI is InChI=1S/C44H38BN3/c1-43-28-12-13-29-44(43,2)48-39-25-15-24-38-41(39)45(37-23-14-22-35(43)42(37)48)36-27-26-34(30-40(36)47(38)33-20-10-5-11-21-33)46(31-16-6-3-7-17-31)32-18-8-4-9-19-32/h3-11,14-27,30H,12-13,28-29H2,1-2H3. The molecule has 1 fully saturated rings. The predicted molar refractivity (Wildman–Crippen MR) is 203 cm³/mol. The lowest BCUT2D eigenvalue weighted by Crippen LogP contribution is -2.64. The fraction of sp³-hybridized carbons (Fsp3) is 0.182. The molecule has 4 aliphatic rings. The van der Waals surface area contributed by atoms with Gasteiger partial charge >= 0.3 is 0 Å². The van der Waals surface area contributed by atoms with E-state index >= 15 is 0 Å². The van der Waals surface area contributed by atoms with Crippen molar-refractivity contribution in [1.29, 1.82) is 0 Å². The van der Waals surface area contributed by atoms with E-state index in [1.54, 1.807) is 5.56 Å². The number of fused-ring (bicyclic) bond motifs is 7. The zero-order chi connectivity index (χ0) is 32.0. The maximum Gasteiger partial charge on any atom is 0.252 e. The minimum atomic E-state index is 0.0390. The summed E-state index contributed by atoms with van der Waals surface area (Å²) >= 11 is 0. The van der Waals surface area contributed by atoms with Crippen LogP contribution in [0.4, 0.5) is 45.5 Å². The lowest BCUT2D eigenvalue weighted by atomic mass is 9.33. The summed E-state index contributed by atoms with van der Waals surface area (Å²) in [6.07, 6.45) is 5.03. The third kappa shape index (κ3) is 3.61. The Morgan fingerprint density at radius 2 is 1.21 bits per heavy atom. The number of hydrogen-bond acceptors (Lipinski definition) is 3. The Morgan fingerprint density at radius 1 is 0.562 bits per heavy atom. The van der Waals surface area contributed by atoms with Crippen LogP contribution in [0.2, 0.25) is 0 Å². The van der Waals surface area contributed by atoms with Crippen LogP contribution >= 0.6 is 0 Å². The quantitative estimate of drug-likeness (QED) is 0.182. The lowest BCUT2D eigenvalue weighted by Gasteiger charge is -2.52. The molecule has 10 rings (SSSR count). The molecule has 4 heteroatoms. The molecule has 2 unspecified atom stereocenters. The molecule has 0 bridgehead atoms. The Labute approximate surface area is 284 Å². The smallest absolute Gasteiger partial charge is 0.252 e. The monoisotopic (exact) mass is 619 g/mol. The molecule has 6 aromatic rings. The van der Waals surface area contributed by atoms with E-state index in [1.807, 2.05) is 0 Å². The first-order valence-corrected chi connectivity index (χ1v) is 17.5. The van der Waals surface area contributed by atoms with Gasteiger partial charge in [-0.2, -0.15) is 0 Å². The minimum Gasteiger partial charge on any atom is -0.335 e.